The van der Waals surface area contributed by atoms with Gasteiger partial charge >= 0.3 is 0 Å². The molecule has 1 aromatic heterocycles. The molecule has 2 rings (SSSR count). The molecule has 0 aliphatic rings. The van der Waals surface area contributed by atoms with Gasteiger partial charge in [-0.1, -0.05) is 12.1 Å². The van der Waals surface area contributed by atoms with E-state index in [-0.39, 0.29) is 5.69 Å². The summed E-state index contributed by atoms with van der Waals surface area (Å²) in [5.41, 5.74) is 1.43. The summed E-state index contributed by atoms with van der Waals surface area (Å²) in [4.78, 5) is 15.3. The molecule has 0 aliphatic carbocycles. The molecule has 7 heteroatoms. The van der Waals surface area contributed by atoms with Crippen LogP contribution in [0.15, 0.2) is 39.7 Å². The molecule has 0 N–H and O–H groups in total. The molecule has 0 spiro atoms. The van der Waals surface area contributed by atoms with Gasteiger partial charge in [0.05, 0.1) is 22.4 Å². The van der Waals surface area contributed by atoms with Crippen molar-refractivity contribution in [3.8, 4) is 0 Å². The third-order valence-corrected chi connectivity index (χ3v) is 3.51. The lowest BCUT2D eigenvalue weighted by Gasteiger charge is -1.98. The fraction of sp³-hybridized carbons (Fsp3) is 0.167. The van der Waals surface area contributed by atoms with Crippen molar-refractivity contribution >= 4 is 23.2 Å². The number of nitro benzene ring substituents is 1. The fourth-order valence-electron chi connectivity index (χ4n) is 1.56. The summed E-state index contributed by atoms with van der Waals surface area (Å²) >= 11 is 1.47. The lowest BCUT2D eigenvalue weighted by Crippen LogP contribution is -2.11. The molecule has 0 aliphatic heterocycles. The molecular weight excluding hydrogens is 264 g/mol. The summed E-state index contributed by atoms with van der Waals surface area (Å²) in [6.07, 6.45) is 1.48. The van der Waals surface area contributed by atoms with Crippen LogP contribution in [-0.4, -0.2) is 22.9 Å². The van der Waals surface area contributed by atoms with Crippen molar-refractivity contribution in [2.75, 3.05) is 7.05 Å². The second kappa shape index (κ2) is 5.57. The number of nitro groups is 1. The summed E-state index contributed by atoms with van der Waals surface area (Å²) in [7, 11) is 1.68. The maximum Gasteiger partial charge on any atom is 0.278 e. The zero-order valence-corrected chi connectivity index (χ0v) is 11.3. The van der Waals surface area contributed by atoms with E-state index in [4.69, 9.17) is 0 Å². The number of aryl methyl sites for hydroxylation is 1. The van der Waals surface area contributed by atoms with Crippen molar-refractivity contribution in [3.63, 3.8) is 0 Å². The second-order valence-corrected chi connectivity index (χ2v) is 4.59. The topological polar surface area (TPSA) is 72.8 Å². The fourth-order valence-corrected chi connectivity index (χ4v) is 2.33. The molecular formula is C12H12N4O2S. The van der Waals surface area contributed by atoms with E-state index in [2.05, 4.69) is 10.1 Å². The molecule has 1 heterocycles. The first-order chi connectivity index (χ1) is 9.13. The van der Waals surface area contributed by atoms with E-state index in [0.717, 1.165) is 10.5 Å². The Morgan fingerprint density at radius 2 is 2.16 bits per heavy atom. The van der Waals surface area contributed by atoms with Crippen LogP contribution in [0.3, 0.4) is 0 Å². The molecule has 0 unspecified atom stereocenters. The minimum atomic E-state index is -0.419. The first-order valence-corrected chi connectivity index (χ1v) is 6.39. The van der Waals surface area contributed by atoms with Gasteiger partial charge in [0.2, 0.25) is 4.80 Å². The quantitative estimate of drug-likeness (QED) is 0.489. The first kappa shape index (κ1) is 13.2. The van der Waals surface area contributed by atoms with Crippen LogP contribution in [0.2, 0.25) is 0 Å². The Labute approximate surface area is 113 Å². The van der Waals surface area contributed by atoms with Gasteiger partial charge in [-0.3, -0.25) is 15.1 Å². The molecule has 0 fully saturated rings. The van der Waals surface area contributed by atoms with Gasteiger partial charge in [-0.25, -0.2) is 4.68 Å². The molecule has 0 radical (unpaired) electrons. The largest absolute Gasteiger partial charge is 0.278 e. The van der Waals surface area contributed by atoms with E-state index in [1.807, 2.05) is 12.3 Å². The van der Waals surface area contributed by atoms with Gasteiger partial charge in [0, 0.05) is 18.5 Å². The Hall–Kier alpha value is -2.28. The minimum Gasteiger partial charge on any atom is -0.261 e. The Morgan fingerprint density at radius 3 is 2.84 bits per heavy atom. The van der Waals surface area contributed by atoms with Gasteiger partial charge in [0.25, 0.3) is 5.69 Å². The lowest BCUT2D eigenvalue weighted by atomic mass is 10.2. The average Bonchev–Trinajstić information content (AvgIpc) is 2.77. The molecule has 0 saturated heterocycles. The van der Waals surface area contributed by atoms with Crippen LogP contribution >= 0.6 is 11.3 Å². The van der Waals surface area contributed by atoms with Gasteiger partial charge in [-0.2, -0.15) is 5.10 Å². The molecule has 0 bridgehead atoms. The SMILES string of the molecule is CN=c1scc(C)n1/N=C/c1ccccc1[N+](=O)[O-]. The molecule has 6 nitrogen and oxygen atoms in total. The Morgan fingerprint density at radius 1 is 1.42 bits per heavy atom. The van der Waals surface area contributed by atoms with Gasteiger partial charge in [0.1, 0.15) is 0 Å². The zero-order chi connectivity index (χ0) is 13.8. The Kier molecular flexibility index (Phi) is 3.86. The second-order valence-electron chi connectivity index (χ2n) is 3.76. The Bertz CT molecular complexity index is 700. The number of para-hydroxylation sites is 1. The highest BCUT2D eigenvalue weighted by Crippen LogP contribution is 2.15. The third-order valence-electron chi connectivity index (χ3n) is 2.49. The number of rotatable bonds is 3. The minimum absolute atomic E-state index is 0.0368. The standard InChI is InChI=1S/C12H12N4O2S/c1-9-8-19-12(13-2)15(9)14-7-10-5-3-4-6-11(10)16(17)18/h3-8H,1-2H3/b13-12?,14-7+. The maximum absolute atomic E-state index is 10.9. The van der Waals surface area contributed by atoms with Gasteiger partial charge in [0.15, 0.2) is 0 Å². The zero-order valence-electron chi connectivity index (χ0n) is 10.5. The van der Waals surface area contributed by atoms with Crippen molar-refractivity contribution in [2.45, 2.75) is 6.92 Å². The van der Waals surface area contributed by atoms with E-state index in [1.54, 1.807) is 29.9 Å². The van der Waals surface area contributed by atoms with Crippen LogP contribution in [0.1, 0.15) is 11.3 Å². The Balaban J connectivity index is 2.44. The van der Waals surface area contributed by atoms with Crippen LogP contribution in [0.25, 0.3) is 0 Å². The summed E-state index contributed by atoms with van der Waals surface area (Å²) in [5.74, 6) is 0. The van der Waals surface area contributed by atoms with E-state index in [1.165, 1.54) is 23.6 Å². The first-order valence-electron chi connectivity index (χ1n) is 5.51. The summed E-state index contributed by atoms with van der Waals surface area (Å²) in [5, 5.41) is 17.1. The van der Waals surface area contributed by atoms with Crippen molar-refractivity contribution < 1.29 is 4.92 Å². The number of aromatic nitrogens is 1. The highest BCUT2D eigenvalue weighted by molar-refractivity contribution is 7.07. The van der Waals surface area contributed by atoms with Gasteiger partial charge < -0.3 is 0 Å². The van der Waals surface area contributed by atoms with Crippen LogP contribution in [-0.2, 0) is 0 Å². The predicted molar refractivity (Wildman–Crippen MR) is 74.6 cm³/mol. The lowest BCUT2D eigenvalue weighted by molar-refractivity contribution is -0.385. The molecule has 19 heavy (non-hydrogen) atoms. The summed E-state index contributed by atoms with van der Waals surface area (Å²) in [6, 6.07) is 6.49. The molecule has 2 aromatic rings. The van der Waals surface area contributed by atoms with Crippen LogP contribution in [0.4, 0.5) is 5.69 Å². The molecule has 0 saturated carbocycles. The number of benzene rings is 1. The summed E-state index contributed by atoms with van der Waals surface area (Å²) < 4.78 is 1.65. The highest BCUT2D eigenvalue weighted by Gasteiger charge is 2.10. The van der Waals surface area contributed by atoms with Gasteiger partial charge in [-0.15, -0.1) is 11.3 Å². The predicted octanol–water partition coefficient (Wildman–Crippen LogP) is 2.18. The van der Waals surface area contributed by atoms with E-state index in [9.17, 15) is 10.1 Å². The monoisotopic (exact) mass is 276 g/mol. The van der Waals surface area contributed by atoms with Gasteiger partial charge in [-0.05, 0) is 13.0 Å². The number of hydrogen-bond acceptors (Lipinski definition) is 5. The number of nitrogens with zero attached hydrogens (tertiary/aromatic N) is 4. The third kappa shape index (κ3) is 2.76. The normalized spacial score (nSPS) is 12.2. The smallest absolute Gasteiger partial charge is 0.261 e. The molecule has 1 aromatic carbocycles. The summed E-state index contributed by atoms with van der Waals surface area (Å²) in [6.45, 7) is 1.90. The van der Waals surface area contributed by atoms with Crippen LogP contribution < -0.4 is 4.80 Å². The number of thiazole rings is 1. The van der Waals surface area contributed by atoms with Crippen LogP contribution in [0.5, 0.6) is 0 Å². The molecule has 0 amide bonds. The van der Waals surface area contributed by atoms with E-state index >= 15 is 0 Å². The van der Waals surface area contributed by atoms with E-state index < -0.39 is 4.92 Å². The van der Waals surface area contributed by atoms with E-state index in [0.29, 0.717) is 5.56 Å². The van der Waals surface area contributed by atoms with Crippen molar-refractivity contribution in [1.82, 2.24) is 4.68 Å². The molecule has 0 atom stereocenters. The highest BCUT2D eigenvalue weighted by atomic mass is 32.1. The van der Waals surface area contributed by atoms with Crippen LogP contribution in [0, 0.1) is 17.0 Å². The van der Waals surface area contributed by atoms with Crippen molar-refractivity contribution in [3.05, 3.63) is 55.8 Å². The molecule has 98 valence electrons. The van der Waals surface area contributed by atoms with Crippen molar-refractivity contribution in [2.24, 2.45) is 10.1 Å². The maximum atomic E-state index is 10.9. The number of hydrogen-bond donors (Lipinski definition) is 0. The van der Waals surface area contributed by atoms with Crippen molar-refractivity contribution in [1.29, 1.82) is 0 Å². The average molecular weight is 276 g/mol.